The van der Waals surface area contributed by atoms with E-state index in [4.69, 9.17) is 0 Å². The van der Waals surface area contributed by atoms with Gasteiger partial charge in [-0.1, -0.05) is 0 Å². The average Bonchev–Trinajstić information content (AvgIpc) is 2.03. The van der Waals surface area contributed by atoms with Gasteiger partial charge in [0.25, 0.3) is 0 Å². The Bertz CT molecular complexity index is 95.7. The molecule has 0 amide bonds. The lowest BCUT2D eigenvalue weighted by atomic mass is 10.7. The number of aliphatic imine (C=N–C) groups is 1. The second-order valence-electron chi connectivity index (χ2n) is 2.06. The first-order valence-electron chi connectivity index (χ1n) is 3.78. The minimum atomic E-state index is 1.01. The number of hydrogen-bond donors (Lipinski definition) is 2. The Balaban J connectivity index is 2.79. The summed E-state index contributed by atoms with van der Waals surface area (Å²) in [6.07, 6.45) is 1.73. The van der Waals surface area contributed by atoms with Crippen LogP contribution in [0, 0.1) is 0 Å². The largest absolute Gasteiger partial charge is 0.376 e. The monoisotopic (exact) mass is 175 g/mol. The minimum Gasteiger partial charge on any atom is -0.376 e. The Kier molecular flexibility index (Phi) is 9.58. The number of thioether (sulfide) groups is 1. The van der Waals surface area contributed by atoms with Gasteiger partial charge in [-0.3, -0.25) is 4.99 Å². The first-order valence-corrected chi connectivity index (χ1v) is 4.93. The van der Waals surface area contributed by atoms with E-state index in [1.807, 2.05) is 18.8 Å². The lowest BCUT2D eigenvalue weighted by Crippen LogP contribution is -2.16. The number of nitrogens with one attached hydrogen (secondary N) is 2. The van der Waals surface area contributed by atoms with E-state index < -0.39 is 0 Å². The third-order valence-corrected chi connectivity index (χ3v) is 2.09. The minimum absolute atomic E-state index is 1.01. The fourth-order valence-electron chi connectivity index (χ4n) is 0.563. The lowest BCUT2D eigenvalue weighted by molar-refractivity contribution is 0.870. The Labute approximate surface area is 73.0 Å². The van der Waals surface area contributed by atoms with E-state index in [-0.39, 0.29) is 0 Å². The van der Waals surface area contributed by atoms with Gasteiger partial charge in [0.2, 0.25) is 0 Å². The molecule has 0 aromatic carbocycles. The maximum Gasteiger partial charge on any atom is 0.0820 e. The van der Waals surface area contributed by atoms with Gasteiger partial charge in [-0.25, -0.2) is 0 Å². The Morgan fingerprint density at radius 3 is 2.73 bits per heavy atom. The molecule has 0 saturated heterocycles. The third kappa shape index (κ3) is 9.78. The van der Waals surface area contributed by atoms with Crippen LogP contribution >= 0.6 is 11.8 Å². The fourth-order valence-corrected chi connectivity index (χ4v) is 1.38. The number of hydrogen-bond acceptors (Lipinski definition) is 3. The van der Waals surface area contributed by atoms with Gasteiger partial charge >= 0.3 is 0 Å². The topological polar surface area (TPSA) is 36.4 Å². The smallest absolute Gasteiger partial charge is 0.0820 e. The first kappa shape index (κ1) is 10.8. The molecule has 0 saturated carbocycles. The van der Waals surface area contributed by atoms with Crippen molar-refractivity contribution in [1.82, 2.24) is 10.6 Å². The van der Waals surface area contributed by atoms with E-state index in [0.29, 0.717) is 0 Å². The van der Waals surface area contributed by atoms with Crippen LogP contribution in [0.1, 0.15) is 0 Å². The molecular formula is C7H17N3S. The molecule has 0 atom stereocenters. The van der Waals surface area contributed by atoms with Crippen LogP contribution in [0.2, 0.25) is 0 Å². The molecule has 0 aliphatic heterocycles. The van der Waals surface area contributed by atoms with Crippen molar-refractivity contribution in [3.05, 3.63) is 0 Å². The predicted octanol–water partition coefficient (Wildman–Crippen LogP) is 0.187. The highest BCUT2D eigenvalue weighted by molar-refractivity contribution is 7.99. The molecule has 2 N–H and O–H groups in total. The van der Waals surface area contributed by atoms with Crippen LogP contribution in [0.4, 0.5) is 0 Å². The SMILES string of the molecule is CN=CNCCSCCNC. The molecular weight excluding hydrogens is 158 g/mol. The van der Waals surface area contributed by atoms with Crippen molar-refractivity contribution in [2.24, 2.45) is 4.99 Å². The zero-order chi connectivity index (χ0) is 8.36. The number of rotatable bonds is 7. The summed E-state index contributed by atoms with van der Waals surface area (Å²) in [5, 5.41) is 6.18. The molecule has 0 aliphatic rings. The van der Waals surface area contributed by atoms with Crippen molar-refractivity contribution < 1.29 is 0 Å². The van der Waals surface area contributed by atoms with Gasteiger partial charge in [0, 0.05) is 31.6 Å². The van der Waals surface area contributed by atoms with E-state index in [1.54, 1.807) is 13.4 Å². The highest BCUT2D eigenvalue weighted by Crippen LogP contribution is 1.94. The van der Waals surface area contributed by atoms with Gasteiger partial charge in [0.1, 0.15) is 0 Å². The van der Waals surface area contributed by atoms with Crippen LogP contribution in [-0.2, 0) is 0 Å². The zero-order valence-corrected chi connectivity index (χ0v) is 8.08. The second-order valence-corrected chi connectivity index (χ2v) is 3.28. The van der Waals surface area contributed by atoms with Gasteiger partial charge < -0.3 is 10.6 Å². The van der Waals surface area contributed by atoms with Gasteiger partial charge in [0.05, 0.1) is 6.34 Å². The van der Waals surface area contributed by atoms with Crippen LogP contribution in [-0.4, -0.2) is 45.0 Å². The van der Waals surface area contributed by atoms with Crippen LogP contribution in [0.3, 0.4) is 0 Å². The molecule has 0 bridgehead atoms. The molecule has 66 valence electrons. The van der Waals surface area contributed by atoms with Crippen molar-refractivity contribution in [1.29, 1.82) is 0 Å². The summed E-state index contributed by atoms with van der Waals surface area (Å²) in [6, 6.07) is 0. The van der Waals surface area contributed by atoms with Crippen LogP contribution < -0.4 is 10.6 Å². The number of nitrogens with zero attached hydrogens (tertiary/aromatic N) is 1. The summed E-state index contributed by atoms with van der Waals surface area (Å²) in [5.74, 6) is 2.33. The van der Waals surface area contributed by atoms with Gasteiger partial charge in [-0.2, -0.15) is 11.8 Å². The standard InChI is InChI=1S/C7H17N3S/c1-8-3-5-11-6-4-10-7-9-2/h7-8H,3-6H2,1-2H3,(H,9,10). The maximum absolute atomic E-state index is 3.81. The second kappa shape index (κ2) is 9.78. The molecule has 11 heavy (non-hydrogen) atoms. The van der Waals surface area contributed by atoms with E-state index in [2.05, 4.69) is 15.6 Å². The first-order chi connectivity index (χ1) is 5.41. The lowest BCUT2D eigenvalue weighted by Gasteiger charge is -2.00. The van der Waals surface area contributed by atoms with Crippen molar-refractivity contribution >= 4 is 18.1 Å². The van der Waals surface area contributed by atoms with Crippen LogP contribution in [0.15, 0.2) is 4.99 Å². The fraction of sp³-hybridized carbons (Fsp3) is 0.857. The molecule has 4 heteroatoms. The van der Waals surface area contributed by atoms with Crippen molar-refractivity contribution in [3.8, 4) is 0 Å². The Morgan fingerprint density at radius 2 is 2.09 bits per heavy atom. The molecule has 0 aromatic heterocycles. The van der Waals surface area contributed by atoms with E-state index in [9.17, 15) is 0 Å². The summed E-state index contributed by atoms with van der Waals surface area (Å²) < 4.78 is 0. The van der Waals surface area contributed by atoms with Gasteiger partial charge in [0.15, 0.2) is 0 Å². The van der Waals surface area contributed by atoms with E-state index in [0.717, 1.165) is 18.8 Å². The highest BCUT2D eigenvalue weighted by Gasteiger charge is 1.85. The van der Waals surface area contributed by atoms with Crippen molar-refractivity contribution in [3.63, 3.8) is 0 Å². The molecule has 0 unspecified atom stereocenters. The summed E-state index contributed by atoms with van der Waals surface area (Å²) in [6.45, 7) is 2.10. The van der Waals surface area contributed by atoms with E-state index in [1.165, 1.54) is 5.75 Å². The van der Waals surface area contributed by atoms with Gasteiger partial charge in [-0.05, 0) is 7.05 Å². The van der Waals surface area contributed by atoms with Crippen molar-refractivity contribution in [2.45, 2.75) is 0 Å². The van der Waals surface area contributed by atoms with Crippen LogP contribution in [0.25, 0.3) is 0 Å². The quantitative estimate of drug-likeness (QED) is 0.329. The molecule has 0 heterocycles. The molecule has 0 radical (unpaired) electrons. The summed E-state index contributed by atoms with van der Waals surface area (Å²) in [4.78, 5) is 3.81. The summed E-state index contributed by atoms with van der Waals surface area (Å²) in [7, 11) is 3.74. The zero-order valence-electron chi connectivity index (χ0n) is 7.26. The Hall–Kier alpha value is -0.220. The van der Waals surface area contributed by atoms with E-state index >= 15 is 0 Å². The normalized spacial score (nSPS) is 10.7. The highest BCUT2D eigenvalue weighted by atomic mass is 32.2. The average molecular weight is 175 g/mol. The predicted molar refractivity (Wildman–Crippen MR) is 53.7 cm³/mol. The molecule has 0 aliphatic carbocycles. The third-order valence-electron chi connectivity index (χ3n) is 1.11. The molecule has 3 nitrogen and oxygen atoms in total. The van der Waals surface area contributed by atoms with Crippen LogP contribution in [0.5, 0.6) is 0 Å². The van der Waals surface area contributed by atoms with Gasteiger partial charge in [-0.15, -0.1) is 0 Å². The summed E-state index contributed by atoms with van der Waals surface area (Å²) >= 11 is 1.94. The maximum atomic E-state index is 3.81. The summed E-state index contributed by atoms with van der Waals surface area (Å²) in [5.41, 5.74) is 0. The molecule has 0 spiro atoms. The van der Waals surface area contributed by atoms with Crippen molar-refractivity contribution in [2.75, 3.05) is 38.7 Å². The molecule has 0 fully saturated rings. The Morgan fingerprint density at radius 1 is 1.36 bits per heavy atom. The molecule has 0 aromatic rings. The molecule has 0 rings (SSSR count).